The van der Waals surface area contributed by atoms with Crippen LogP contribution in [-0.2, 0) is 17.8 Å². The van der Waals surface area contributed by atoms with Crippen molar-refractivity contribution in [1.82, 2.24) is 9.88 Å². The number of methoxy groups -OCH3 is 1. The molecule has 1 heterocycles. The normalized spacial score (nSPS) is 10.6. The number of hydrogen-bond acceptors (Lipinski definition) is 2. The molecule has 1 amide bonds. The number of ether oxygens (including phenoxy) is 1. The van der Waals surface area contributed by atoms with E-state index in [1.165, 1.54) is 0 Å². The Morgan fingerprint density at radius 2 is 2.08 bits per heavy atom. The molecule has 0 aliphatic rings. The number of aromatic nitrogens is 1. The molecule has 1 aromatic heterocycles. The number of aromatic amines is 1. The number of benzene rings is 2. The third kappa shape index (κ3) is 3.91. The van der Waals surface area contributed by atoms with Crippen molar-refractivity contribution < 1.29 is 9.53 Å². The number of amides is 1. The standard InChI is InChI=1S/C21H22N2O2/c1-3-11-23(15-16-7-6-8-18(12-16)25-2)21(24)13-17-14-22-20-10-5-4-9-19(17)20/h3-10,12,14,22H,1,11,13,15H2,2H3. The highest BCUT2D eigenvalue weighted by Crippen LogP contribution is 2.20. The third-order valence-corrected chi connectivity index (χ3v) is 4.23. The van der Waals surface area contributed by atoms with Crippen LogP contribution in [0.4, 0.5) is 0 Å². The van der Waals surface area contributed by atoms with Gasteiger partial charge in [-0.1, -0.05) is 36.4 Å². The lowest BCUT2D eigenvalue weighted by Gasteiger charge is -2.21. The molecule has 128 valence electrons. The molecule has 2 aromatic carbocycles. The Balaban J connectivity index is 1.77. The van der Waals surface area contributed by atoms with E-state index in [0.717, 1.165) is 27.8 Å². The lowest BCUT2D eigenvalue weighted by atomic mass is 10.1. The predicted octanol–water partition coefficient (Wildman–Crippen LogP) is 3.93. The Bertz CT molecular complexity index is 882. The zero-order valence-electron chi connectivity index (χ0n) is 14.4. The van der Waals surface area contributed by atoms with Gasteiger partial charge < -0.3 is 14.6 Å². The molecule has 0 aliphatic carbocycles. The summed E-state index contributed by atoms with van der Waals surface area (Å²) in [5.41, 5.74) is 3.10. The molecule has 0 saturated heterocycles. The first-order chi connectivity index (χ1) is 12.2. The summed E-state index contributed by atoms with van der Waals surface area (Å²) in [6.45, 7) is 4.82. The number of para-hydroxylation sites is 1. The van der Waals surface area contributed by atoms with Gasteiger partial charge in [0.1, 0.15) is 5.75 Å². The Morgan fingerprint density at radius 1 is 1.24 bits per heavy atom. The van der Waals surface area contributed by atoms with E-state index in [-0.39, 0.29) is 5.91 Å². The number of H-pyrrole nitrogens is 1. The molecular formula is C21H22N2O2. The van der Waals surface area contributed by atoms with Crippen LogP contribution in [0, 0.1) is 0 Å². The summed E-state index contributed by atoms with van der Waals surface area (Å²) >= 11 is 0. The molecule has 3 rings (SSSR count). The molecule has 4 nitrogen and oxygen atoms in total. The van der Waals surface area contributed by atoms with Crippen molar-refractivity contribution in [3.05, 3.63) is 78.5 Å². The molecule has 25 heavy (non-hydrogen) atoms. The van der Waals surface area contributed by atoms with Gasteiger partial charge in [-0.05, 0) is 29.3 Å². The fourth-order valence-electron chi connectivity index (χ4n) is 2.95. The van der Waals surface area contributed by atoms with Gasteiger partial charge in [0.2, 0.25) is 5.91 Å². The molecule has 0 unspecified atom stereocenters. The van der Waals surface area contributed by atoms with Crippen molar-refractivity contribution in [3.63, 3.8) is 0 Å². The van der Waals surface area contributed by atoms with E-state index in [1.807, 2.05) is 59.6 Å². The maximum absolute atomic E-state index is 12.8. The lowest BCUT2D eigenvalue weighted by molar-refractivity contribution is -0.130. The van der Waals surface area contributed by atoms with E-state index in [9.17, 15) is 4.79 Å². The molecule has 0 radical (unpaired) electrons. The smallest absolute Gasteiger partial charge is 0.227 e. The Hall–Kier alpha value is -3.01. The van der Waals surface area contributed by atoms with Crippen LogP contribution in [0.15, 0.2) is 67.4 Å². The predicted molar refractivity (Wildman–Crippen MR) is 101 cm³/mol. The summed E-state index contributed by atoms with van der Waals surface area (Å²) in [4.78, 5) is 17.9. The fourth-order valence-corrected chi connectivity index (χ4v) is 2.95. The van der Waals surface area contributed by atoms with Gasteiger partial charge in [0, 0.05) is 30.2 Å². The fraction of sp³-hybridized carbons (Fsp3) is 0.190. The van der Waals surface area contributed by atoms with Crippen LogP contribution in [0.3, 0.4) is 0 Å². The second kappa shape index (κ2) is 7.71. The van der Waals surface area contributed by atoms with Gasteiger partial charge in [0.25, 0.3) is 0 Å². The molecule has 4 heteroatoms. The van der Waals surface area contributed by atoms with Crippen LogP contribution >= 0.6 is 0 Å². The highest BCUT2D eigenvalue weighted by atomic mass is 16.5. The second-order valence-electron chi connectivity index (χ2n) is 5.95. The zero-order valence-corrected chi connectivity index (χ0v) is 14.4. The van der Waals surface area contributed by atoms with E-state index in [2.05, 4.69) is 11.6 Å². The molecule has 1 N–H and O–H groups in total. The van der Waals surface area contributed by atoms with Crippen molar-refractivity contribution in [2.24, 2.45) is 0 Å². The van der Waals surface area contributed by atoms with Crippen molar-refractivity contribution in [2.75, 3.05) is 13.7 Å². The zero-order chi connectivity index (χ0) is 17.6. The van der Waals surface area contributed by atoms with E-state index < -0.39 is 0 Å². The van der Waals surface area contributed by atoms with Crippen LogP contribution in [0.5, 0.6) is 5.75 Å². The second-order valence-corrected chi connectivity index (χ2v) is 5.95. The molecule has 0 fully saturated rings. The highest BCUT2D eigenvalue weighted by Gasteiger charge is 2.15. The van der Waals surface area contributed by atoms with Gasteiger partial charge in [-0.25, -0.2) is 0 Å². The molecule has 3 aromatic rings. The van der Waals surface area contributed by atoms with E-state index in [0.29, 0.717) is 19.5 Å². The lowest BCUT2D eigenvalue weighted by Crippen LogP contribution is -2.32. The topological polar surface area (TPSA) is 45.3 Å². The first kappa shape index (κ1) is 16.8. The summed E-state index contributed by atoms with van der Waals surface area (Å²) in [5.74, 6) is 0.868. The van der Waals surface area contributed by atoms with Crippen molar-refractivity contribution in [3.8, 4) is 5.75 Å². The first-order valence-electron chi connectivity index (χ1n) is 8.28. The number of carbonyl (C=O) groups excluding carboxylic acids is 1. The monoisotopic (exact) mass is 334 g/mol. The SMILES string of the molecule is C=CCN(Cc1cccc(OC)c1)C(=O)Cc1c[nH]c2ccccc12. The van der Waals surface area contributed by atoms with Crippen LogP contribution in [0.2, 0.25) is 0 Å². The van der Waals surface area contributed by atoms with Crippen LogP contribution in [0.25, 0.3) is 10.9 Å². The maximum Gasteiger partial charge on any atom is 0.227 e. The van der Waals surface area contributed by atoms with Gasteiger partial charge in [-0.3, -0.25) is 4.79 Å². The van der Waals surface area contributed by atoms with E-state index >= 15 is 0 Å². The van der Waals surface area contributed by atoms with Crippen LogP contribution in [0.1, 0.15) is 11.1 Å². The van der Waals surface area contributed by atoms with E-state index in [1.54, 1.807) is 13.2 Å². The third-order valence-electron chi connectivity index (χ3n) is 4.23. The molecule has 0 saturated carbocycles. The Kier molecular flexibility index (Phi) is 5.19. The molecule has 0 bridgehead atoms. The number of fused-ring (bicyclic) bond motifs is 1. The average Bonchev–Trinajstić information content (AvgIpc) is 3.04. The molecule has 0 aliphatic heterocycles. The number of nitrogens with zero attached hydrogens (tertiary/aromatic N) is 1. The van der Waals surface area contributed by atoms with Gasteiger partial charge in [0.15, 0.2) is 0 Å². The average molecular weight is 334 g/mol. The van der Waals surface area contributed by atoms with Crippen molar-refractivity contribution >= 4 is 16.8 Å². The van der Waals surface area contributed by atoms with Gasteiger partial charge >= 0.3 is 0 Å². The minimum atomic E-state index is 0.0764. The number of rotatable bonds is 7. The van der Waals surface area contributed by atoms with Crippen LogP contribution in [-0.4, -0.2) is 29.4 Å². The highest BCUT2D eigenvalue weighted by molar-refractivity contribution is 5.88. The largest absolute Gasteiger partial charge is 0.497 e. The summed E-state index contributed by atoms with van der Waals surface area (Å²) < 4.78 is 5.26. The number of hydrogen-bond donors (Lipinski definition) is 1. The van der Waals surface area contributed by atoms with Crippen molar-refractivity contribution in [2.45, 2.75) is 13.0 Å². The summed E-state index contributed by atoms with van der Waals surface area (Å²) in [6, 6.07) is 15.8. The van der Waals surface area contributed by atoms with E-state index in [4.69, 9.17) is 4.74 Å². The molecule has 0 atom stereocenters. The minimum Gasteiger partial charge on any atom is -0.497 e. The number of carbonyl (C=O) groups is 1. The maximum atomic E-state index is 12.8. The minimum absolute atomic E-state index is 0.0764. The number of nitrogens with one attached hydrogen (secondary N) is 1. The quantitative estimate of drug-likeness (QED) is 0.665. The van der Waals surface area contributed by atoms with Crippen LogP contribution < -0.4 is 4.74 Å². The first-order valence-corrected chi connectivity index (χ1v) is 8.28. The Morgan fingerprint density at radius 3 is 2.88 bits per heavy atom. The summed E-state index contributed by atoms with van der Waals surface area (Å²) in [6.07, 6.45) is 4.04. The van der Waals surface area contributed by atoms with Gasteiger partial charge in [0.05, 0.1) is 13.5 Å². The van der Waals surface area contributed by atoms with Crippen molar-refractivity contribution in [1.29, 1.82) is 0 Å². The summed E-state index contributed by atoms with van der Waals surface area (Å²) in [5, 5.41) is 1.09. The van der Waals surface area contributed by atoms with Gasteiger partial charge in [-0.15, -0.1) is 6.58 Å². The molecule has 0 spiro atoms. The van der Waals surface area contributed by atoms with Gasteiger partial charge in [-0.2, -0.15) is 0 Å². The summed E-state index contributed by atoms with van der Waals surface area (Å²) in [7, 11) is 1.64. The Labute approximate surface area is 147 Å². The molecular weight excluding hydrogens is 312 g/mol.